The van der Waals surface area contributed by atoms with Crippen LogP contribution in [0.25, 0.3) is 4.96 Å². The summed E-state index contributed by atoms with van der Waals surface area (Å²) in [6.45, 7) is 11.0. The number of amides is 1. The summed E-state index contributed by atoms with van der Waals surface area (Å²) in [6.07, 6.45) is 2.42. The maximum Gasteiger partial charge on any atom is 0.407 e. The monoisotopic (exact) mass is 407 g/mol. The fraction of sp³-hybridized carbons (Fsp3) is 0.684. The van der Waals surface area contributed by atoms with Crippen LogP contribution in [0.1, 0.15) is 53.2 Å². The largest absolute Gasteiger partial charge is 0.444 e. The Labute approximate surface area is 168 Å². The van der Waals surface area contributed by atoms with Crippen LogP contribution in [0.5, 0.6) is 0 Å². The van der Waals surface area contributed by atoms with E-state index in [1.54, 1.807) is 0 Å². The molecule has 3 rings (SSSR count). The van der Waals surface area contributed by atoms with E-state index in [0.29, 0.717) is 23.8 Å². The number of nitrogens with one attached hydrogen (secondary N) is 1. The molecule has 2 atom stereocenters. The van der Waals surface area contributed by atoms with Gasteiger partial charge >= 0.3 is 6.09 Å². The molecule has 28 heavy (non-hydrogen) atoms. The van der Waals surface area contributed by atoms with Crippen molar-refractivity contribution < 1.29 is 9.53 Å². The van der Waals surface area contributed by atoms with E-state index in [4.69, 9.17) is 4.74 Å². The Morgan fingerprint density at radius 1 is 1.43 bits per heavy atom. The van der Waals surface area contributed by atoms with Crippen LogP contribution in [0.4, 0.5) is 9.93 Å². The van der Waals surface area contributed by atoms with E-state index in [0.717, 1.165) is 30.2 Å². The number of aromatic nitrogens is 3. The van der Waals surface area contributed by atoms with E-state index in [2.05, 4.69) is 27.2 Å². The van der Waals surface area contributed by atoms with Crippen LogP contribution in [-0.4, -0.2) is 45.4 Å². The van der Waals surface area contributed by atoms with Gasteiger partial charge in [-0.1, -0.05) is 25.2 Å². The molecule has 154 valence electrons. The minimum Gasteiger partial charge on any atom is -0.444 e. The number of hydrogen-bond acceptors (Lipinski definition) is 7. The van der Waals surface area contributed by atoms with Gasteiger partial charge < -0.3 is 15.0 Å². The molecule has 2 unspecified atom stereocenters. The molecule has 9 heteroatoms. The van der Waals surface area contributed by atoms with Gasteiger partial charge in [-0.3, -0.25) is 4.79 Å². The van der Waals surface area contributed by atoms with E-state index in [-0.39, 0.29) is 11.6 Å². The first-order valence-electron chi connectivity index (χ1n) is 9.81. The molecule has 1 saturated heterocycles. The first kappa shape index (κ1) is 20.6. The fourth-order valence-corrected chi connectivity index (χ4v) is 4.45. The third-order valence-corrected chi connectivity index (χ3v) is 5.81. The second-order valence-corrected chi connectivity index (χ2v) is 9.22. The predicted molar refractivity (Wildman–Crippen MR) is 110 cm³/mol. The highest BCUT2D eigenvalue weighted by atomic mass is 32.1. The second-order valence-electron chi connectivity index (χ2n) is 8.28. The average molecular weight is 408 g/mol. The highest BCUT2D eigenvalue weighted by Crippen LogP contribution is 2.31. The predicted octanol–water partition coefficient (Wildman–Crippen LogP) is 2.84. The van der Waals surface area contributed by atoms with Gasteiger partial charge in [-0.2, -0.15) is 4.52 Å². The van der Waals surface area contributed by atoms with Crippen molar-refractivity contribution in [2.45, 2.75) is 65.5 Å². The number of aryl methyl sites for hydroxylation is 1. The minimum absolute atomic E-state index is 0.0863. The van der Waals surface area contributed by atoms with Crippen LogP contribution in [0, 0.1) is 5.92 Å². The maximum atomic E-state index is 12.3. The lowest BCUT2D eigenvalue weighted by molar-refractivity contribution is 0.0519. The molecule has 1 aliphatic rings. The van der Waals surface area contributed by atoms with E-state index in [9.17, 15) is 9.59 Å². The summed E-state index contributed by atoms with van der Waals surface area (Å²) >= 11 is 1.42. The molecule has 0 spiro atoms. The van der Waals surface area contributed by atoms with Gasteiger partial charge in [0.25, 0.3) is 5.56 Å². The third kappa shape index (κ3) is 4.63. The van der Waals surface area contributed by atoms with Crippen LogP contribution in [0.2, 0.25) is 0 Å². The molecule has 1 fully saturated rings. The number of ether oxygens (including phenoxy) is 1. The molecule has 0 aromatic carbocycles. The van der Waals surface area contributed by atoms with Crippen LogP contribution in [0.3, 0.4) is 0 Å². The van der Waals surface area contributed by atoms with Gasteiger partial charge in [-0.05, 0) is 46.0 Å². The number of rotatable bonds is 4. The SMILES string of the molecule is CCc1cc(=O)n2nc(N3CCCC(C)C3CNC(=O)OC(C)(C)C)sc2n1. The summed E-state index contributed by atoms with van der Waals surface area (Å²) < 4.78 is 6.73. The van der Waals surface area contributed by atoms with Crippen molar-refractivity contribution >= 4 is 27.5 Å². The number of piperidine rings is 1. The highest BCUT2D eigenvalue weighted by Gasteiger charge is 2.32. The second kappa shape index (κ2) is 8.06. The van der Waals surface area contributed by atoms with Crippen molar-refractivity contribution in [1.82, 2.24) is 19.9 Å². The first-order valence-corrected chi connectivity index (χ1v) is 10.6. The summed E-state index contributed by atoms with van der Waals surface area (Å²) in [4.78, 5) is 31.7. The Kier molecular flexibility index (Phi) is 5.92. The minimum atomic E-state index is -0.529. The van der Waals surface area contributed by atoms with Crippen molar-refractivity contribution in [3.63, 3.8) is 0 Å². The molecule has 1 amide bonds. The maximum absolute atomic E-state index is 12.3. The number of nitrogens with zero attached hydrogens (tertiary/aromatic N) is 4. The molecule has 0 aliphatic carbocycles. The van der Waals surface area contributed by atoms with Crippen LogP contribution in [-0.2, 0) is 11.2 Å². The van der Waals surface area contributed by atoms with Crippen molar-refractivity contribution in [2.24, 2.45) is 5.92 Å². The Balaban J connectivity index is 1.82. The number of anilines is 1. The molecular formula is C19H29N5O3S. The van der Waals surface area contributed by atoms with E-state index in [1.807, 2.05) is 27.7 Å². The van der Waals surface area contributed by atoms with E-state index < -0.39 is 11.7 Å². The van der Waals surface area contributed by atoms with Crippen molar-refractivity contribution in [3.8, 4) is 0 Å². The van der Waals surface area contributed by atoms with E-state index >= 15 is 0 Å². The van der Waals surface area contributed by atoms with Gasteiger partial charge in [0.1, 0.15) is 5.60 Å². The zero-order chi connectivity index (χ0) is 20.5. The Bertz CT molecular complexity index is 901. The number of alkyl carbamates (subject to hydrolysis) is 1. The van der Waals surface area contributed by atoms with Crippen LogP contribution in [0.15, 0.2) is 10.9 Å². The summed E-state index contributed by atoms with van der Waals surface area (Å²) in [7, 11) is 0. The highest BCUT2D eigenvalue weighted by molar-refractivity contribution is 7.20. The van der Waals surface area contributed by atoms with Crippen molar-refractivity contribution in [2.75, 3.05) is 18.0 Å². The lowest BCUT2D eigenvalue weighted by Crippen LogP contribution is -2.51. The van der Waals surface area contributed by atoms with Crippen LogP contribution >= 0.6 is 11.3 Å². The van der Waals surface area contributed by atoms with Crippen LogP contribution < -0.4 is 15.8 Å². The summed E-state index contributed by atoms with van der Waals surface area (Å²) in [6, 6.07) is 1.62. The van der Waals surface area contributed by atoms with Crippen molar-refractivity contribution in [1.29, 1.82) is 0 Å². The molecule has 0 bridgehead atoms. The van der Waals surface area contributed by atoms with Crippen molar-refractivity contribution in [3.05, 3.63) is 22.1 Å². The normalized spacial score (nSPS) is 20.4. The zero-order valence-electron chi connectivity index (χ0n) is 17.2. The zero-order valence-corrected chi connectivity index (χ0v) is 18.0. The lowest BCUT2D eigenvalue weighted by atomic mass is 9.91. The molecule has 1 N–H and O–H groups in total. The smallest absolute Gasteiger partial charge is 0.407 e. The van der Waals surface area contributed by atoms with Gasteiger partial charge in [0, 0.05) is 24.8 Å². The Hall–Kier alpha value is -2.16. The molecule has 1 aliphatic heterocycles. The van der Waals surface area contributed by atoms with Gasteiger partial charge in [0.2, 0.25) is 10.1 Å². The fourth-order valence-electron chi connectivity index (χ4n) is 3.44. The number of carbonyl (C=O) groups is 1. The van der Waals surface area contributed by atoms with Gasteiger partial charge in [0.15, 0.2) is 0 Å². The standard InChI is InChI=1S/C19H29N5O3S/c1-6-13-10-15(25)24-16(21-13)28-17(22-24)23-9-7-8-12(2)14(23)11-20-18(26)27-19(3,4)5/h10,12,14H,6-9,11H2,1-5H3,(H,20,26). The quantitative estimate of drug-likeness (QED) is 0.838. The first-order chi connectivity index (χ1) is 13.2. The number of hydrogen-bond donors (Lipinski definition) is 1. The van der Waals surface area contributed by atoms with Gasteiger partial charge in [-0.15, -0.1) is 5.10 Å². The topological polar surface area (TPSA) is 88.8 Å². The molecule has 2 aromatic rings. The van der Waals surface area contributed by atoms with Gasteiger partial charge in [0.05, 0.1) is 6.04 Å². The number of carbonyl (C=O) groups excluding carboxylic acids is 1. The number of fused-ring (bicyclic) bond motifs is 1. The molecule has 2 aromatic heterocycles. The third-order valence-electron chi connectivity index (χ3n) is 4.87. The molecule has 0 saturated carbocycles. The molecular weight excluding hydrogens is 378 g/mol. The van der Waals surface area contributed by atoms with E-state index in [1.165, 1.54) is 21.9 Å². The summed E-state index contributed by atoms with van der Waals surface area (Å²) in [5, 5.41) is 8.18. The molecule has 3 heterocycles. The molecule has 8 nitrogen and oxygen atoms in total. The lowest BCUT2D eigenvalue weighted by Gasteiger charge is -2.39. The molecule has 0 radical (unpaired) electrons. The van der Waals surface area contributed by atoms with Gasteiger partial charge in [-0.25, -0.2) is 9.78 Å². The Morgan fingerprint density at radius 2 is 2.18 bits per heavy atom. The summed E-state index contributed by atoms with van der Waals surface area (Å²) in [5.74, 6) is 0.381. The Morgan fingerprint density at radius 3 is 2.86 bits per heavy atom. The average Bonchev–Trinajstić information content (AvgIpc) is 3.03. The summed E-state index contributed by atoms with van der Waals surface area (Å²) in [5.41, 5.74) is 0.0897.